The average molecular weight is 989 g/mol. The van der Waals surface area contributed by atoms with Crippen molar-refractivity contribution in [2.75, 3.05) is 85.6 Å². The van der Waals surface area contributed by atoms with Gasteiger partial charge >= 0.3 is 17.9 Å². The number of carbonyl (C=O) groups excluding carboxylic acids is 6. The Balaban J connectivity index is 3.66. The molecule has 0 aromatic carbocycles. The summed E-state index contributed by atoms with van der Waals surface area (Å²) in [6, 6.07) is -1.15. The number of carboxylic acids is 3. The predicted octanol–water partition coefficient (Wildman–Crippen LogP) is 2.59. The summed E-state index contributed by atoms with van der Waals surface area (Å²) in [5.74, 6) is -5.93. The average Bonchev–Trinajstić information content (AvgIpc) is 3.29. The Morgan fingerprint density at radius 1 is 0.391 bits per heavy atom. The van der Waals surface area contributed by atoms with E-state index in [-0.39, 0.29) is 154 Å². The van der Waals surface area contributed by atoms with Gasteiger partial charge in [-0.3, -0.25) is 38.4 Å². The van der Waals surface area contributed by atoms with Crippen LogP contribution in [0.2, 0.25) is 0 Å². The Morgan fingerprint density at radius 3 is 1.26 bits per heavy atom. The molecule has 0 aliphatic rings. The van der Waals surface area contributed by atoms with Crippen LogP contribution in [-0.2, 0) is 62.1 Å². The quantitative estimate of drug-likeness (QED) is 0.0396. The second kappa shape index (κ2) is 45.5. The third-order valence-corrected chi connectivity index (χ3v) is 10.5. The first-order chi connectivity index (χ1) is 33.2. The molecule has 0 aromatic heterocycles. The van der Waals surface area contributed by atoms with E-state index in [4.69, 9.17) is 29.2 Å². The molecule has 1 unspecified atom stereocenters. The number of ether oxygens (including phenoxy) is 4. The summed E-state index contributed by atoms with van der Waals surface area (Å²) >= 11 is 0. The van der Waals surface area contributed by atoms with Crippen molar-refractivity contribution in [1.82, 2.24) is 31.9 Å². The molecule has 0 aliphatic carbocycles. The molecule has 0 rings (SSSR count). The van der Waals surface area contributed by atoms with Crippen molar-refractivity contribution in [1.29, 1.82) is 0 Å². The number of aliphatic carboxylic acids is 3. The number of hydrogen-bond acceptors (Lipinski definition) is 13. The Bertz CT molecular complexity index is 1450. The van der Waals surface area contributed by atoms with E-state index in [0.29, 0.717) is 6.42 Å². The van der Waals surface area contributed by atoms with E-state index in [1.54, 1.807) is 0 Å². The molecule has 0 aliphatic heterocycles. The molecule has 0 saturated heterocycles. The van der Waals surface area contributed by atoms with E-state index in [0.717, 1.165) is 38.5 Å². The maximum atomic E-state index is 12.4. The molecular weight excluding hydrogens is 905 g/mol. The van der Waals surface area contributed by atoms with Gasteiger partial charge in [0.25, 0.3) is 0 Å². The first-order valence-corrected chi connectivity index (χ1v) is 24.8. The minimum Gasteiger partial charge on any atom is -0.481 e. The maximum absolute atomic E-state index is 12.4. The van der Waals surface area contributed by atoms with Gasteiger partial charge in [0.05, 0.1) is 46.1 Å². The molecule has 9 N–H and O–H groups in total. The van der Waals surface area contributed by atoms with Crippen LogP contribution in [0.3, 0.4) is 0 Å². The third kappa shape index (κ3) is 45.3. The molecular formula is C47H84N6O16. The van der Waals surface area contributed by atoms with Gasteiger partial charge in [0.1, 0.15) is 19.3 Å². The fraction of sp³-hybridized carbons (Fsp3) is 0.809. The zero-order chi connectivity index (χ0) is 51.2. The van der Waals surface area contributed by atoms with Gasteiger partial charge in [-0.15, -0.1) is 0 Å². The smallest absolute Gasteiger partial charge is 0.326 e. The first kappa shape index (κ1) is 64.1. The Morgan fingerprint density at radius 2 is 0.797 bits per heavy atom. The standard InChI is InChI=1S/C47H84N6O16/c1-37(34-45(61)62)46(63)52-23-22-40(55)48-24-25-49-42(57)35-68-32-31-67-29-27-51-43(58)36-69-33-30-66-28-26-50-39(54)21-20-38(47(64)65)53-41(56)18-16-14-12-10-8-6-4-2-3-5-7-9-11-13-15-17-19-44(59)60/h37-38H,2-36H2,1H3,(H,48,55)(H,49,57)(H,50,54)(H,51,58)(H,52,63)(H,53,56)(H,59,60)(H,61,62)(H,64,65)/t37?,38-/m0/s1. The molecule has 22 heteroatoms. The van der Waals surface area contributed by atoms with Gasteiger partial charge in [0.2, 0.25) is 35.4 Å². The summed E-state index contributed by atoms with van der Waals surface area (Å²) in [5.41, 5.74) is 0. The highest BCUT2D eigenvalue weighted by Crippen LogP contribution is 2.14. The largest absolute Gasteiger partial charge is 0.481 e. The molecule has 0 saturated carbocycles. The Hall–Kier alpha value is -4.93. The van der Waals surface area contributed by atoms with Crippen LogP contribution in [-0.4, -0.2) is 160 Å². The number of hydrogen-bond donors (Lipinski definition) is 9. The van der Waals surface area contributed by atoms with E-state index in [1.165, 1.54) is 64.7 Å². The minimum absolute atomic E-state index is 0.00478. The van der Waals surface area contributed by atoms with Gasteiger partial charge in [-0.2, -0.15) is 0 Å². The van der Waals surface area contributed by atoms with Crippen LogP contribution in [0, 0.1) is 5.92 Å². The summed E-state index contributed by atoms with van der Waals surface area (Å²) < 4.78 is 21.3. The summed E-state index contributed by atoms with van der Waals surface area (Å²) in [6.45, 7) is 2.93. The van der Waals surface area contributed by atoms with E-state index in [2.05, 4.69) is 31.9 Å². The summed E-state index contributed by atoms with van der Waals surface area (Å²) in [6.07, 6.45) is 17.8. The highest BCUT2D eigenvalue weighted by molar-refractivity contribution is 5.85. The van der Waals surface area contributed by atoms with Crippen LogP contribution >= 0.6 is 0 Å². The van der Waals surface area contributed by atoms with Crippen molar-refractivity contribution < 1.29 is 77.4 Å². The SMILES string of the molecule is CC(CC(=O)O)C(=O)NCCC(=O)NCCNC(=O)COCCOCCNC(=O)COCCOCCNC(=O)CC[C@H](NC(=O)CCCCCCCCCCCCCCCCCCC(=O)O)C(=O)O. The summed E-state index contributed by atoms with van der Waals surface area (Å²) in [7, 11) is 0. The third-order valence-electron chi connectivity index (χ3n) is 10.5. The van der Waals surface area contributed by atoms with Crippen molar-refractivity contribution in [3.8, 4) is 0 Å². The number of amides is 6. The number of nitrogens with one attached hydrogen (secondary N) is 6. The van der Waals surface area contributed by atoms with Gasteiger partial charge in [-0.05, 0) is 19.3 Å². The van der Waals surface area contributed by atoms with Gasteiger partial charge in [0, 0.05) is 64.3 Å². The lowest BCUT2D eigenvalue weighted by Gasteiger charge is -2.14. The normalized spacial score (nSPS) is 11.8. The topological polar surface area (TPSA) is 323 Å². The maximum Gasteiger partial charge on any atom is 0.326 e. The zero-order valence-electron chi connectivity index (χ0n) is 41.1. The van der Waals surface area contributed by atoms with Gasteiger partial charge in [-0.1, -0.05) is 96.8 Å². The van der Waals surface area contributed by atoms with E-state index in [9.17, 15) is 48.3 Å². The monoisotopic (exact) mass is 989 g/mol. The number of unbranched alkanes of at least 4 members (excludes halogenated alkanes) is 15. The van der Waals surface area contributed by atoms with E-state index < -0.39 is 35.8 Å². The zero-order valence-corrected chi connectivity index (χ0v) is 41.1. The fourth-order valence-electron chi connectivity index (χ4n) is 6.64. The van der Waals surface area contributed by atoms with Gasteiger partial charge in [-0.25, -0.2) is 4.79 Å². The lowest BCUT2D eigenvalue weighted by atomic mass is 10.0. The van der Waals surface area contributed by atoms with E-state index in [1.807, 2.05) is 0 Å². The Kier molecular flexibility index (Phi) is 42.3. The van der Waals surface area contributed by atoms with Gasteiger partial charge < -0.3 is 66.2 Å². The number of rotatable bonds is 49. The van der Waals surface area contributed by atoms with Crippen molar-refractivity contribution in [3.63, 3.8) is 0 Å². The fourth-order valence-corrected chi connectivity index (χ4v) is 6.64. The highest BCUT2D eigenvalue weighted by Gasteiger charge is 2.21. The molecule has 2 atom stereocenters. The van der Waals surface area contributed by atoms with Crippen LogP contribution in [0.5, 0.6) is 0 Å². The number of carbonyl (C=O) groups is 9. The predicted molar refractivity (Wildman–Crippen MR) is 254 cm³/mol. The molecule has 22 nitrogen and oxygen atoms in total. The minimum atomic E-state index is -1.19. The molecule has 0 fully saturated rings. The molecule has 0 radical (unpaired) electrons. The molecule has 0 spiro atoms. The van der Waals surface area contributed by atoms with Crippen LogP contribution in [0.25, 0.3) is 0 Å². The highest BCUT2D eigenvalue weighted by atomic mass is 16.5. The summed E-state index contributed by atoms with van der Waals surface area (Å²) in [4.78, 5) is 105. The van der Waals surface area contributed by atoms with Crippen LogP contribution < -0.4 is 31.9 Å². The van der Waals surface area contributed by atoms with E-state index >= 15 is 0 Å². The molecule has 398 valence electrons. The van der Waals surface area contributed by atoms with Crippen LogP contribution in [0.4, 0.5) is 0 Å². The Labute approximate surface area is 407 Å². The van der Waals surface area contributed by atoms with Crippen molar-refractivity contribution in [2.45, 2.75) is 154 Å². The second-order valence-corrected chi connectivity index (χ2v) is 16.8. The van der Waals surface area contributed by atoms with Crippen molar-refractivity contribution in [2.24, 2.45) is 5.92 Å². The second-order valence-electron chi connectivity index (χ2n) is 16.8. The summed E-state index contributed by atoms with van der Waals surface area (Å²) in [5, 5.41) is 42.4. The molecule has 6 amide bonds. The first-order valence-electron chi connectivity index (χ1n) is 24.8. The molecule has 69 heavy (non-hydrogen) atoms. The molecule has 0 heterocycles. The van der Waals surface area contributed by atoms with Gasteiger partial charge in [0.15, 0.2) is 0 Å². The van der Waals surface area contributed by atoms with Crippen molar-refractivity contribution in [3.05, 3.63) is 0 Å². The number of carboxylic acid groups (broad SMARTS) is 3. The lowest BCUT2D eigenvalue weighted by Crippen LogP contribution is -2.41. The van der Waals surface area contributed by atoms with Crippen LogP contribution in [0.1, 0.15) is 148 Å². The van der Waals surface area contributed by atoms with Crippen molar-refractivity contribution >= 4 is 53.4 Å². The lowest BCUT2D eigenvalue weighted by molar-refractivity contribution is -0.142. The van der Waals surface area contributed by atoms with Crippen LogP contribution in [0.15, 0.2) is 0 Å². The molecule has 0 bridgehead atoms. The molecule has 0 aromatic rings.